The summed E-state index contributed by atoms with van der Waals surface area (Å²) in [6, 6.07) is 9.63. The normalized spacial score (nSPS) is 15.9. The number of rotatable bonds is 12. The molecular weight excluding hydrogens is 1130 g/mol. The van der Waals surface area contributed by atoms with Gasteiger partial charge in [0.25, 0.3) is 6.33 Å². The summed E-state index contributed by atoms with van der Waals surface area (Å²) in [5.74, 6) is 1.57. The van der Waals surface area contributed by atoms with Crippen molar-refractivity contribution in [2.45, 2.75) is 27.7 Å². The molecule has 0 spiro atoms. The maximum atomic E-state index is 10.6. The van der Waals surface area contributed by atoms with Crippen LogP contribution in [0.25, 0.3) is 140 Å². The molecule has 4 heterocycles. The first-order valence-corrected chi connectivity index (χ1v) is 29.4. The van der Waals surface area contributed by atoms with Crippen LogP contribution in [0.3, 0.4) is 0 Å². The van der Waals surface area contributed by atoms with E-state index in [1.165, 1.54) is 23.6 Å². The van der Waals surface area contributed by atoms with E-state index in [0.29, 0.717) is 28.5 Å². The molecule has 17 aromatic rings. The fraction of sp³-hybridized carbons (Fsp3) is 0.0471. The second kappa shape index (κ2) is 22.4. The van der Waals surface area contributed by atoms with Gasteiger partial charge in [0.1, 0.15) is 11.5 Å². The van der Waals surface area contributed by atoms with Crippen LogP contribution in [0.4, 0.5) is 0 Å². The molecule has 13 aromatic carbocycles. The SMILES string of the molecule is [2H]c1c([2H])c([2H])c(-c2c([2H])c(-c3c([2H])c([2H])c([2H])c([2H])c3[2H])c([2H])c(-c3c([2H])c([2H])c([2H])c(-c4c([2H])c(-c5c([2H])c([2H])c([2H])c([2H])c5[2H])c([2H])c(-c5c([2H])c([2H])c(C)c([2H])c5[2H])c4[2H])c3-[n+]3[c-]n(-c4cccc(Oc5ccc6c(c5)n(-c5nc7ccccc7n5-c5c(C)cccc5C)c5nc7c(C)cccc7n65)c4)c4ccccc43)c2[2H])c([2H])c1[2H]. The van der Waals surface area contributed by atoms with Crippen molar-refractivity contribution in [3.63, 3.8) is 0 Å². The van der Waals surface area contributed by atoms with Crippen LogP contribution in [0.1, 0.15) is 60.6 Å². The number of nitrogens with zero attached hydrogens (tertiary/aromatic N) is 7. The van der Waals surface area contributed by atoms with Gasteiger partial charge in [-0.2, -0.15) is 0 Å². The summed E-state index contributed by atoms with van der Waals surface area (Å²) in [6.07, 6.45) is 3.28. The van der Waals surface area contributed by atoms with E-state index in [-0.39, 0.29) is 28.0 Å². The van der Waals surface area contributed by atoms with Crippen LogP contribution < -0.4 is 9.30 Å². The molecule has 0 aliphatic carbocycles. The van der Waals surface area contributed by atoms with Gasteiger partial charge >= 0.3 is 0 Å². The van der Waals surface area contributed by atoms with Crippen LogP contribution >= 0.6 is 0 Å². The smallest absolute Gasteiger partial charge is 0.269 e. The number of ether oxygens (including phenoxy) is 1. The first kappa shape index (κ1) is 33.1. The lowest BCUT2D eigenvalue weighted by Gasteiger charge is -2.20. The second-order valence-corrected chi connectivity index (χ2v) is 22.0. The van der Waals surface area contributed by atoms with Gasteiger partial charge in [0.15, 0.2) is 0 Å². The summed E-state index contributed by atoms with van der Waals surface area (Å²) in [6.45, 7) is 7.33. The second-order valence-electron chi connectivity index (χ2n) is 22.0. The number of aromatic nitrogens is 7. The highest BCUT2D eigenvalue weighted by atomic mass is 16.5. The lowest BCUT2D eigenvalue weighted by Crippen LogP contribution is -2.31. The minimum Gasteiger partial charge on any atom is -0.458 e. The van der Waals surface area contributed by atoms with Gasteiger partial charge in [0, 0.05) is 6.07 Å². The molecule has 0 atom stereocenters. The van der Waals surface area contributed by atoms with Crippen LogP contribution in [-0.4, -0.2) is 28.1 Å². The summed E-state index contributed by atoms with van der Waals surface area (Å²) < 4.78 is 281. The Kier molecular flexibility index (Phi) is 7.98. The zero-order chi connectivity index (χ0) is 86.6. The van der Waals surface area contributed by atoms with Crippen LogP contribution in [0.2, 0.25) is 0 Å². The van der Waals surface area contributed by atoms with Crippen molar-refractivity contribution < 1.29 is 47.7 Å². The van der Waals surface area contributed by atoms with E-state index in [9.17, 15) is 23.3 Å². The Bertz CT molecular complexity index is 6990. The number of hydrogen-bond donors (Lipinski definition) is 0. The Labute approximate surface area is 578 Å². The maximum Gasteiger partial charge on any atom is 0.269 e. The quantitative estimate of drug-likeness (QED) is 0.0905. The van der Waals surface area contributed by atoms with Crippen LogP contribution in [0.5, 0.6) is 11.5 Å². The van der Waals surface area contributed by atoms with Crippen molar-refractivity contribution in [2.75, 3.05) is 0 Å². The third-order valence-corrected chi connectivity index (χ3v) is 16.1. The van der Waals surface area contributed by atoms with Crippen LogP contribution in [0.15, 0.2) is 297 Å². The summed E-state index contributed by atoms with van der Waals surface area (Å²) in [5.41, 5.74) is -3.35. The van der Waals surface area contributed by atoms with Crippen molar-refractivity contribution in [3.05, 3.63) is 325 Å². The zero-order valence-corrected chi connectivity index (χ0v) is 49.7. The summed E-state index contributed by atoms with van der Waals surface area (Å²) in [5, 5.41) is 0. The Balaban J connectivity index is 0.985. The molecule has 0 unspecified atom stereocenters. The van der Waals surface area contributed by atoms with E-state index in [1.807, 2.05) is 98.1 Å². The minimum atomic E-state index is -1.19. The first-order valence-electron chi connectivity index (χ1n) is 43.4. The topological polar surface area (TPSA) is 58.1 Å². The van der Waals surface area contributed by atoms with Gasteiger partial charge in [-0.1, -0.05) is 211 Å². The lowest BCUT2D eigenvalue weighted by molar-refractivity contribution is -0.571. The number of hydrogen-bond acceptors (Lipinski definition) is 3. The highest BCUT2D eigenvalue weighted by Gasteiger charge is 2.27. The van der Waals surface area contributed by atoms with E-state index in [2.05, 4.69) is 15.3 Å². The highest BCUT2D eigenvalue weighted by Crippen LogP contribution is 2.43. The molecule has 0 amide bonds. The molecule has 0 N–H and O–H groups in total. The van der Waals surface area contributed by atoms with Gasteiger partial charge in [-0.3, -0.25) is 18.1 Å². The molecule has 8 heteroatoms. The third-order valence-electron chi connectivity index (χ3n) is 16.1. The van der Waals surface area contributed by atoms with Crippen molar-refractivity contribution in [2.24, 2.45) is 0 Å². The number of para-hydroxylation sites is 7. The molecule has 0 saturated heterocycles. The number of fused-ring (bicyclic) bond motifs is 7. The molecule has 0 aliphatic heterocycles. The fourth-order valence-corrected chi connectivity index (χ4v) is 11.9. The van der Waals surface area contributed by atoms with Gasteiger partial charge in [0.2, 0.25) is 11.7 Å². The van der Waals surface area contributed by atoms with Crippen LogP contribution in [0, 0.1) is 34.0 Å². The van der Waals surface area contributed by atoms with Crippen molar-refractivity contribution in [1.82, 2.24) is 28.1 Å². The molecule has 0 fully saturated rings. The van der Waals surface area contributed by atoms with Crippen molar-refractivity contribution >= 4 is 49.9 Å². The van der Waals surface area contributed by atoms with E-state index >= 15 is 0 Å². The van der Waals surface area contributed by atoms with Crippen molar-refractivity contribution in [1.29, 1.82) is 0 Å². The Morgan fingerprint density at radius 2 is 0.946 bits per heavy atom. The number of imidazole rings is 4. The summed E-state index contributed by atoms with van der Waals surface area (Å²) >= 11 is 0. The summed E-state index contributed by atoms with van der Waals surface area (Å²) in [4.78, 5) is 10.7. The van der Waals surface area contributed by atoms with Gasteiger partial charge in [0.05, 0.1) is 99.6 Å². The number of benzene rings is 13. The Morgan fingerprint density at radius 3 is 1.59 bits per heavy atom. The molecule has 93 heavy (non-hydrogen) atoms. The van der Waals surface area contributed by atoms with Crippen molar-refractivity contribution in [3.8, 4) is 101 Å². The predicted octanol–water partition coefficient (Wildman–Crippen LogP) is 20.8. The van der Waals surface area contributed by atoms with E-state index in [1.54, 1.807) is 42.5 Å². The highest BCUT2D eigenvalue weighted by molar-refractivity contribution is 5.95. The van der Waals surface area contributed by atoms with E-state index in [4.69, 9.17) is 29.8 Å². The molecule has 442 valence electrons. The zero-order valence-electron chi connectivity index (χ0n) is 77.7. The summed E-state index contributed by atoms with van der Waals surface area (Å²) in [7, 11) is 0. The average molecular weight is 1220 g/mol. The molecule has 0 saturated carbocycles. The van der Waals surface area contributed by atoms with Gasteiger partial charge in [-0.25, -0.2) is 14.5 Å². The molecule has 0 bridgehead atoms. The number of aryl methyl sites for hydroxylation is 3. The molecule has 0 aliphatic rings. The lowest BCUT2D eigenvalue weighted by atomic mass is 9.88. The van der Waals surface area contributed by atoms with Gasteiger partial charge in [-0.15, -0.1) is 0 Å². The molecule has 0 radical (unpaired) electrons. The third kappa shape index (κ3) is 9.58. The largest absolute Gasteiger partial charge is 0.458 e. The average Bonchev–Trinajstić information content (AvgIpc) is 1.69. The van der Waals surface area contributed by atoms with E-state index < -0.39 is 242 Å². The standard InChI is InChI=1S/C85H61N7O/c1-55-40-42-62(43-41-55)66-47-65(61-29-12-7-13-30-61)50-68(51-66)73-34-21-33-72(67-48-63(59-25-8-5-9-26-59)46-64(49-67)60-27-10-6-11-28-60)83(73)89-54-88(76-37-16-17-38-77(76)89)69-31-20-32-70(52-69)93-71-44-45-78-80(53-71)92(85-87-81-56(2)22-19-39-79(81)90(78)85)84-86-74-35-14-15-36-75(74)91(84)82-57(3)23-18-24-58(82)4/h5-53H,1-4H3/i5D,6D,7D,8D,9D,10D,11D,12D,13D,21D,25D,26D,27D,28D,29D,30D,33D,34D,40D,41D,42D,43D,46D,47D,48D,49D,50D,51D. The molecule has 17 rings (SSSR count). The monoisotopic (exact) mass is 1220 g/mol. The Morgan fingerprint density at radius 1 is 0.409 bits per heavy atom. The Hall–Kier alpha value is -12.1. The predicted molar refractivity (Wildman–Crippen MR) is 379 cm³/mol. The van der Waals surface area contributed by atoms with Gasteiger partial charge < -0.3 is 4.74 Å². The first-order chi connectivity index (χ1) is 57.4. The molecule has 4 aromatic heterocycles. The van der Waals surface area contributed by atoms with Crippen LogP contribution in [-0.2, 0) is 0 Å². The minimum absolute atomic E-state index is 0.0232. The maximum absolute atomic E-state index is 10.6. The fourth-order valence-electron chi connectivity index (χ4n) is 11.9. The molecule has 8 nitrogen and oxygen atoms in total. The molecular formula is C85H61N7O. The van der Waals surface area contributed by atoms with Gasteiger partial charge in [-0.05, 0) is 196 Å². The van der Waals surface area contributed by atoms with E-state index in [0.717, 1.165) is 49.0 Å².